The minimum absolute atomic E-state index is 0.0990. The van der Waals surface area contributed by atoms with Crippen molar-refractivity contribution in [2.75, 3.05) is 17.6 Å². The second kappa shape index (κ2) is 8.05. The number of nitrogens with one attached hydrogen (secondary N) is 1. The van der Waals surface area contributed by atoms with Gasteiger partial charge in [0, 0.05) is 17.9 Å². The molecule has 0 amide bonds. The molecule has 1 N–H and O–H groups in total. The van der Waals surface area contributed by atoms with Gasteiger partial charge in [-0.2, -0.15) is 18.4 Å². The molecule has 110 valence electrons. The van der Waals surface area contributed by atoms with Gasteiger partial charge in [-0.05, 0) is 30.7 Å². The summed E-state index contributed by atoms with van der Waals surface area (Å²) in [5.41, 5.74) is 1.26. The van der Waals surface area contributed by atoms with E-state index in [2.05, 4.69) is 11.4 Å². The Morgan fingerprint density at radius 3 is 2.65 bits per heavy atom. The van der Waals surface area contributed by atoms with Gasteiger partial charge in [-0.3, -0.25) is 0 Å². The van der Waals surface area contributed by atoms with E-state index >= 15 is 0 Å². The van der Waals surface area contributed by atoms with Crippen LogP contribution in [0.4, 0.5) is 18.9 Å². The van der Waals surface area contributed by atoms with Crippen molar-refractivity contribution in [2.45, 2.75) is 37.3 Å². The van der Waals surface area contributed by atoms with Gasteiger partial charge in [0.1, 0.15) is 6.07 Å². The number of rotatable bonds is 7. The summed E-state index contributed by atoms with van der Waals surface area (Å²) in [4.78, 5) is 0.898. The molecule has 1 aromatic carbocycles. The van der Waals surface area contributed by atoms with Crippen molar-refractivity contribution in [3.8, 4) is 6.07 Å². The van der Waals surface area contributed by atoms with Gasteiger partial charge in [-0.15, -0.1) is 11.8 Å². The molecule has 0 aliphatic heterocycles. The van der Waals surface area contributed by atoms with E-state index in [9.17, 15) is 18.4 Å². The van der Waals surface area contributed by atoms with Crippen molar-refractivity contribution in [3.05, 3.63) is 23.8 Å². The van der Waals surface area contributed by atoms with E-state index in [0.717, 1.165) is 10.6 Å². The van der Waals surface area contributed by atoms with E-state index in [1.54, 1.807) is 17.8 Å². The average Bonchev–Trinajstić information content (AvgIpc) is 2.37. The fourth-order valence-corrected chi connectivity index (χ4v) is 2.53. The Kier molecular flexibility index (Phi) is 6.73. The van der Waals surface area contributed by atoms with Crippen LogP contribution in [0.15, 0.2) is 23.1 Å². The molecule has 6 heteroatoms. The van der Waals surface area contributed by atoms with Gasteiger partial charge in [-0.25, -0.2) is 0 Å². The highest BCUT2D eigenvalue weighted by atomic mass is 32.2. The standard InChI is InChI=1S/C14H17F3N2S/c1-2-20-13-7-5-6-12(11(13)10-18)19-9-4-3-8-14(15,16)17/h5-7,19H,2-4,8-9H2,1H3. The highest BCUT2D eigenvalue weighted by Crippen LogP contribution is 2.28. The van der Waals surface area contributed by atoms with E-state index in [-0.39, 0.29) is 6.42 Å². The van der Waals surface area contributed by atoms with Gasteiger partial charge in [0.05, 0.1) is 11.3 Å². The molecule has 0 saturated carbocycles. The van der Waals surface area contributed by atoms with Gasteiger partial charge in [0.25, 0.3) is 0 Å². The number of thioether (sulfide) groups is 1. The van der Waals surface area contributed by atoms with Crippen molar-refractivity contribution in [2.24, 2.45) is 0 Å². The summed E-state index contributed by atoms with van der Waals surface area (Å²) < 4.78 is 36.0. The molecule has 0 aliphatic rings. The Hall–Kier alpha value is -1.35. The molecule has 0 aromatic heterocycles. The Morgan fingerprint density at radius 2 is 2.05 bits per heavy atom. The third kappa shape index (κ3) is 5.74. The van der Waals surface area contributed by atoms with Crippen LogP contribution in [-0.4, -0.2) is 18.5 Å². The van der Waals surface area contributed by atoms with Crippen LogP contribution in [0.2, 0.25) is 0 Å². The molecular weight excluding hydrogens is 285 g/mol. The van der Waals surface area contributed by atoms with Crippen LogP contribution in [0.1, 0.15) is 31.7 Å². The van der Waals surface area contributed by atoms with Crippen LogP contribution in [-0.2, 0) is 0 Å². The van der Waals surface area contributed by atoms with Gasteiger partial charge < -0.3 is 5.32 Å². The summed E-state index contributed by atoms with van der Waals surface area (Å²) in [5, 5.41) is 12.2. The van der Waals surface area contributed by atoms with Crippen molar-refractivity contribution < 1.29 is 13.2 Å². The average molecular weight is 302 g/mol. The zero-order valence-electron chi connectivity index (χ0n) is 11.3. The van der Waals surface area contributed by atoms with E-state index in [1.165, 1.54) is 0 Å². The number of benzene rings is 1. The maximum atomic E-state index is 12.0. The number of unbranched alkanes of at least 4 members (excludes halogenated alkanes) is 1. The molecular formula is C14H17F3N2S. The summed E-state index contributed by atoms with van der Waals surface area (Å²) in [6.45, 7) is 2.44. The molecule has 0 radical (unpaired) electrons. The lowest BCUT2D eigenvalue weighted by Gasteiger charge is -2.11. The third-order valence-electron chi connectivity index (χ3n) is 2.64. The number of hydrogen-bond donors (Lipinski definition) is 1. The first-order chi connectivity index (χ1) is 9.48. The molecule has 0 saturated heterocycles. The second-order valence-corrected chi connectivity index (χ2v) is 5.53. The monoisotopic (exact) mass is 302 g/mol. The fourth-order valence-electron chi connectivity index (χ4n) is 1.74. The summed E-state index contributed by atoms with van der Waals surface area (Å²) in [7, 11) is 0. The summed E-state index contributed by atoms with van der Waals surface area (Å²) in [6, 6.07) is 7.65. The minimum atomic E-state index is -4.09. The Morgan fingerprint density at radius 1 is 1.30 bits per heavy atom. The highest BCUT2D eigenvalue weighted by Gasteiger charge is 2.25. The van der Waals surface area contributed by atoms with Crippen molar-refractivity contribution in [1.82, 2.24) is 0 Å². The SMILES string of the molecule is CCSc1cccc(NCCCCC(F)(F)F)c1C#N. The molecule has 20 heavy (non-hydrogen) atoms. The smallest absolute Gasteiger partial charge is 0.384 e. The summed E-state index contributed by atoms with van der Waals surface area (Å²) in [6.07, 6.45) is -4.32. The Bertz CT molecular complexity index is 466. The van der Waals surface area contributed by atoms with Gasteiger partial charge in [0.15, 0.2) is 0 Å². The Labute approximate surface area is 121 Å². The highest BCUT2D eigenvalue weighted by molar-refractivity contribution is 7.99. The summed E-state index contributed by atoms with van der Waals surface area (Å²) in [5.74, 6) is 0.865. The van der Waals surface area contributed by atoms with Crippen LogP contribution in [0, 0.1) is 11.3 Å². The maximum Gasteiger partial charge on any atom is 0.389 e. The topological polar surface area (TPSA) is 35.8 Å². The first-order valence-electron chi connectivity index (χ1n) is 6.44. The predicted molar refractivity (Wildman–Crippen MR) is 76.0 cm³/mol. The second-order valence-electron chi connectivity index (χ2n) is 4.22. The van der Waals surface area contributed by atoms with Crippen LogP contribution in [0.5, 0.6) is 0 Å². The van der Waals surface area contributed by atoms with Crippen LogP contribution in [0.3, 0.4) is 0 Å². The number of alkyl halides is 3. The molecule has 1 rings (SSSR count). The normalized spacial score (nSPS) is 11.2. The maximum absolute atomic E-state index is 12.0. The van der Waals surface area contributed by atoms with Crippen LogP contribution in [0.25, 0.3) is 0 Å². The number of nitrogens with zero attached hydrogens (tertiary/aromatic N) is 1. The van der Waals surface area contributed by atoms with E-state index < -0.39 is 12.6 Å². The molecule has 2 nitrogen and oxygen atoms in total. The third-order valence-corrected chi connectivity index (χ3v) is 3.58. The molecule has 0 heterocycles. The van der Waals surface area contributed by atoms with Gasteiger partial charge in [-0.1, -0.05) is 13.0 Å². The predicted octanol–water partition coefficient (Wildman–Crippen LogP) is 4.81. The van der Waals surface area contributed by atoms with Crippen molar-refractivity contribution in [1.29, 1.82) is 5.26 Å². The van der Waals surface area contributed by atoms with E-state index in [4.69, 9.17) is 0 Å². The molecule has 0 fully saturated rings. The van der Waals surface area contributed by atoms with Crippen molar-refractivity contribution in [3.63, 3.8) is 0 Å². The largest absolute Gasteiger partial charge is 0.389 e. The van der Waals surface area contributed by atoms with E-state index in [0.29, 0.717) is 24.2 Å². The number of nitriles is 1. The first-order valence-corrected chi connectivity index (χ1v) is 7.43. The molecule has 0 bridgehead atoms. The van der Waals surface area contributed by atoms with Gasteiger partial charge in [0.2, 0.25) is 0 Å². The number of hydrogen-bond acceptors (Lipinski definition) is 3. The zero-order chi connectivity index (χ0) is 15.0. The number of anilines is 1. The molecule has 0 atom stereocenters. The van der Waals surface area contributed by atoms with Crippen molar-refractivity contribution >= 4 is 17.4 Å². The Balaban J connectivity index is 2.52. The minimum Gasteiger partial charge on any atom is -0.384 e. The molecule has 0 aliphatic carbocycles. The number of halogens is 3. The zero-order valence-corrected chi connectivity index (χ0v) is 12.1. The molecule has 1 aromatic rings. The quantitative estimate of drug-likeness (QED) is 0.579. The van der Waals surface area contributed by atoms with E-state index in [1.807, 2.05) is 19.1 Å². The fraction of sp³-hybridized carbons (Fsp3) is 0.500. The lowest BCUT2D eigenvalue weighted by atomic mass is 10.2. The first kappa shape index (κ1) is 16.7. The lowest BCUT2D eigenvalue weighted by molar-refractivity contribution is -0.135. The van der Waals surface area contributed by atoms with Crippen LogP contribution < -0.4 is 5.32 Å². The summed E-state index contributed by atoms with van der Waals surface area (Å²) >= 11 is 1.58. The molecule has 0 unspecified atom stereocenters. The molecule has 0 spiro atoms. The van der Waals surface area contributed by atoms with Crippen LogP contribution >= 0.6 is 11.8 Å². The lowest BCUT2D eigenvalue weighted by Crippen LogP contribution is -2.09. The van der Waals surface area contributed by atoms with Gasteiger partial charge >= 0.3 is 6.18 Å².